The summed E-state index contributed by atoms with van der Waals surface area (Å²) in [4.78, 5) is 3.77. The number of aromatic hydroxyl groups is 2. The fourth-order valence-electron chi connectivity index (χ4n) is 0.967. The van der Waals surface area contributed by atoms with E-state index in [1.165, 1.54) is 4.57 Å². The Kier molecular flexibility index (Phi) is 2.03. The molecule has 0 fully saturated rings. The van der Waals surface area contributed by atoms with Crippen molar-refractivity contribution in [1.29, 1.82) is 0 Å². The first-order valence-corrected chi connectivity index (χ1v) is 3.60. The van der Waals surface area contributed by atoms with Crippen molar-refractivity contribution in [3.63, 3.8) is 0 Å². The largest absolute Gasteiger partial charge is 0.491 e. The van der Waals surface area contributed by atoms with Crippen LogP contribution in [0.15, 0.2) is 0 Å². The maximum absolute atomic E-state index is 9.10. The molecule has 0 amide bonds. The number of nitrogens with zero attached hydrogens (tertiary/aromatic N) is 2. The summed E-state index contributed by atoms with van der Waals surface area (Å²) in [7, 11) is 1.67. The molecule has 0 spiro atoms. The van der Waals surface area contributed by atoms with Gasteiger partial charge in [0, 0.05) is 13.5 Å². The van der Waals surface area contributed by atoms with Crippen LogP contribution in [0.5, 0.6) is 11.8 Å². The zero-order valence-electron chi connectivity index (χ0n) is 6.70. The van der Waals surface area contributed by atoms with Crippen molar-refractivity contribution < 1.29 is 10.2 Å². The molecule has 1 aromatic heterocycles. The first-order chi connectivity index (χ1) is 5.16. The molecule has 0 aliphatic heterocycles. The fourth-order valence-corrected chi connectivity index (χ4v) is 0.967. The summed E-state index contributed by atoms with van der Waals surface area (Å²) in [6.07, 6.45) is 1.72. The summed E-state index contributed by atoms with van der Waals surface area (Å²) < 4.78 is 1.48. The minimum absolute atomic E-state index is 0.159. The quantitative estimate of drug-likeness (QED) is 0.665. The van der Waals surface area contributed by atoms with Gasteiger partial charge in [0.15, 0.2) is 0 Å². The molecule has 0 bridgehead atoms. The third-order valence-electron chi connectivity index (χ3n) is 1.61. The topological polar surface area (TPSA) is 58.3 Å². The van der Waals surface area contributed by atoms with Crippen molar-refractivity contribution in [1.82, 2.24) is 9.55 Å². The Morgan fingerprint density at radius 1 is 1.45 bits per heavy atom. The van der Waals surface area contributed by atoms with Crippen molar-refractivity contribution in [3.05, 3.63) is 5.82 Å². The van der Waals surface area contributed by atoms with Crippen LogP contribution in [-0.2, 0) is 13.5 Å². The van der Waals surface area contributed by atoms with Crippen LogP contribution in [0.1, 0.15) is 19.2 Å². The Morgan fingerprint density at radius 3 is 2.45 bits per heavy atom. The molecule has 4 nitrogen and oxygen atoms in total. The molecule has 0 saturated heterocycles. The van der Waals surface area contributed by atoms with E-state index in [4.69, 9.17) is 10.2 Å². The summed E-state index contributed by atoms with van der Waals surface area (Å²) in [6, 6.07) is 0. The first kappa shape index (κ1) is 7.91. The van der Waals surface area contributed by atoms with Crippen LogP contribution in [0, 0.1) is 0 Å². The van der Waals surface area contributed by atoms with E-state index in [0.717, 1.165) is 12.8 Å². The van der Waals surface area contributed by atoms with E-state index in [0.29, 0.717) is 5.82 Å². The standard InChI is InChI=1S/C7H12N2O2/c1-3-4-5-8-6(10)7(11)9(5)2/h10-11H,3-4H2,1-2H3. The van der Waals surface area contributed by atoms with Gasteiger partial charge in [0.1, 0.15) is 5.82 Å². The van der Waals surface area contributed by atoms with Crippen molar-refractivity contribution in [2.75, 3.05) is 0 Å². The van der Waals surface area contributed by atoms with Crippen LogP contribution >= 0.6 is 0 Å². The van der Waals surface area contributed by atoms with Crippen LogP contribution < -0.4 is 0 Å². The maximum atomic E-state index is 9.10. The van der Waals surface area contributed by atoms with Gasteiger partial charge in [-0.05, 0) is 6.42 Å². The molecular formula is C7H12N2O2. The van der Waals surface area contributed by atoms with E-state index in [1.807, 2.05) is 6.92 Å². The average molecular weight is 156 g/mol. The Balaban J connectivity index is 2.98. The number of aryl methyl sites for hydroxylation is 1. The van der Waals surface area contributed by atoms with Crippen LogP contribution in [-0.4, -0.2) is 19.8 Å². The predicted octanol–water partition coefficient (Wildman–Crippen LogP) is 0.784. The molecule has 0 aromatic carbocycles. The lowest BCUT2D eigenvalue weighted by Crippen LogP contribution is -1.96. The van der Waals surface area contributed by atoms with Gasteiger partial charge in [-0.15, -0.1) is 0 Å². The average Bonchev–Trinajstić information content (AvgIpc) is 2.19. The normalized spacial score (nSPS) is 10.4. The zero-order valence-corrected chi connectivity index (χ0v) is 6.70. The predicted molar refractivity (Wildman–Crippen MR) is 40.5 cm³/mol. The number of rotatable bonds is 2. The summed E-state index contributed by atoms with van der Waals surface area (Å²) in [5.74, 6) is 0.270. The molecule has 4 heteroatoms. The zero-order chi connectivity index (χ0) is 8.43. The van der Waals surface area contributed by atoms with Gasteiger partial charge in [0.05, 0.1) is 0 Å². The SMILES string of the molecule is CCCc1nc(O)c(O)n1C. The smallest absolute Gasteiger partial charge is 0.275 e. The molecule has 0 aliphatic carbocycles. The molecule has 2 N–H and O–H groups in total. The molecule has 0 atom stereocenters. The van der Waals surface area contributed by atoms with Gasteiger partial charge in [0.2, 0.25) is 0 Å². The minimum Gasteiger partial charge on any atom is -0.491 e. The minimum atomic E-state index is -0.282. The Labute approximate surface area is 65.1 Å². The van der Waals surface area contributed by atoms with Crippen LogP contribution in [0.3, 0.4) is 0 Å². The third kappa shape index (κ3) is 1.29. The fraction of sp³-hybridized carbons (Fsp3) is 0.571. The van der Waals surface area contributed by atoms with Crippen molar-refractivity contribution in [2.24, 2.45) is 7.05 Å². The van der Waals surface area contributed by atoms with Gasteiger partial charge in [-0.1, -0.05) is 6.92 Å². The molecule has 1 heterocycles. The highest BCUT2D eigenvalue weighted by atomic mass is 16.3. The van der Waals surface area contributed by atoms with Gasteiger partial charge < -0.3 is 10.2 Å². The summed E-state index contributed by atoms with van der Waals surface area (Å²) in [5.41, 5.74) is 0. The Bertz CT molecular complexity index is 255. The first-order valence-electron chi connectivity index (χ1n) is 3.60. The lowest BCUT2D eigenvalue weighted by atomic mass is 10.3. The second-order valence-corrected chi connectivity index (χ2v) is 2.48. The van der Waals surface area contributed by atoms with E-state index in [-0.39, 0.29) is 11.8 Å². The second-order valence-electron chi connectivity index (χ2n) is 2.48. The van der Waals surface area contributed by atoms with E-state index in [2.05, 4.69) is 4.98 Å². The van der Waals surface area contributed by atoms with Crippen LogP contribution in [0.2, 0.25) is 0 Å². The monoisotopic (exact) mass is 156 g/mol. The number of hydrogen-bond acceptors (Lipinski definition) is 3. The van der Waals surface area contributed by atoms with Crippen molar-refractivity contribution >= 4 is 0 Å². The highest BCUT2D eigenvalue weighted by Gasteiger charge is 2.10. The Morgan fingerprint density at radius 2 is 2.09 bits per heavy atom. The molecule has 11 heavy (non-hydrogen) atoms. The molecule has 0 saturated carbocycles. The maximum Gasteiger partial charge on any atom is 0.275 e. The van der Waals surface area contributed by atoms with E-state index in [9.17, 15) is 0 Å². The van der Waals surface area contributed by atoms with Crippen molar-refractivity contribution in [3.8, 4) is 11.8 Å². The lowest BCUT2D eigenvalue weighted by molar-refractivity contribution is 0.373. The molecule has 1 aromatic rings. The highest BCUT2D eigenvalue weighted by molar-refractivity contribution is 5.26. The summed E-state index contributed by atoms with van der Waals surface area (Å²) >= 11 is 0. The highest BCUT2D eigenvalue weighted by Crippen LogP contribution is 2.23. The Hall–Kier alpha value is -1.19. The van der Waals surface area contributed by atoms with Gasteiger partial charge >= 0.3 is 0 Å². The van der Waals surface area contributed by atoms with E-state index in [1.54, 1.807) is 7.05 Å². The summed E-state index contributed by atoms with van der Waals surface area (Å²) in [6.45, 7) is 2.02. The molecule has 62 valence electrons. The van der Waals surface area contributed by atoms with Gasteiger partial charge in [-0.2, -0.15) is 4.98 Å². The molecule has 0 radical (unpaired) electrons. The molecular weight excluding hydrogens is 144 g/mol. The second kappa shape index (κ2) is 2.82. The molecule has 1 rings (SSSR count). The van der Waals surface area contributed by atoms with Gasteiger partial charge in [-0.25, -0.2) is 0 Å². The van der Waals surface area contributed by atoms with Gasteiger partial charge in [-0.3, -0.25) is 4.57 Å². The third-order valence-corrected chi connectivity index (χ3v) is 1.61. The van der Waals surface area contributed by atoms with E-state index < -0.39 is 0 Å². The number of hydrogen-bond donors (Lipinski definition) is 2. The van der Waals surface area contributed by atoms with Gasteiger partial charge in [0.25, 0.3) is 11.8 Å². The van der Waals surface area contributed by atoms with E-state index >= 15 is 0 Å². The van der Waals surface area contributed by atoms with Crippen LogP contribution in [0.25, 0.3) is 0 Å². The molecule has 0 aliphatic rings. The molecule has 0 unspecified atom stereocenters. The number of aromatic nitrogens is 2. The summed E-state index contributed by atoms with van der Waals surface area (Å²) in [5, 5.41) is 18.1. The number of imidazole rings is 1. The lowest BCUT2D eigenvalue weighted by Gasteiger charge is -1.97. The van der Waals surface area contributed by atoms with Crippen LogP contribution in [0.4, 0.5) is 0 Å². The van der Waals surface area contributed by atoms with Crippen molar-refractivity contribution in [2.45, 2.75) is 19.8 Å².